The Morgan fingerprint density at radius 1 is 1.08 bits per heavy atom. The minimum atomic E-state index is -0.00518. The Morgan fingerprint density at radius 3 is 2.69 bits per heavy atom. The maximum Gasteiger partial charge on any atom is 0.231 e. The van der Waals surface area contributed by atoms with Crippen molar-refractivity contribution >= 4 is 22.5 Å². The highest BCUT2D eigenvalue weighted by Crippen LogP contribution is 2.37. The van der Waals surface area contributed by atoms with Gasteiger partial charge in [0.05, 0.1) is 16.9 Å². The first kappa shape index (κ1) is 16.4. The molecule has 0 saturated heterocycles. The molecule has 132 valence electrons. The van der Waals surface area contributed by atoms with E-state index in [1.165, 1.54) is 0 Å². The Balaban J connectivity index is 1.86. The molecule has 0 bridgehead atoms. The van der Waals surface area contributed by atoms with Gasteiger partial charge in [-0.25, -0.2) is 4.98 Å². The Kier molecular flexibility index (Phi) is 3.99. The van der Waals surface area contributed by atoms with E-state index in [0.29, 0.717) is 6.42 Å². The minimum Gasteiger partial charge on any atom is -0.454 e. The van der Waals surface area contributed by atoms with Crippen molar-refractivity contribution in [3.8, 4) is 22.8 Å². The van der Waals surface area contributed by atoms with Crippen molar-refractivity contribution in [2.75, 3.05) is 12.1 Å². The van der Waals surface area contributed by atoms with Crippen LogP contribution in [-0.4, -0.2) is 17.7 Å². The predicted molar refractivity (Wildman–Crippen MR) is 102 cm³/mol. The van der Waals surface area contributed by atoms with Crippen molar-refractivity contribution in [1.82, 2.24) is 4.98 Å². The lowest BCUT2D eigenvalue weighted by Gasteiger charge is -2.14. The van der Waals surface area contributed by atoms with E-state index in [1.807, 2.05) is 57.2 Å². The van der Waals surface area contributed by atoms with Gasteiger partial charge in [0.15, 0.2) is 11.5 Å². The summed E-state index contributed by atoms with van der Waals surface area (Å²) >= 11 is 0. The van der Waals surface area contributed by atoms with Gasteiger partial charge in [-0.05, 0) is 55.3 Å². The third kappa shape index (κ3) is 2.75. The van der Waals surface area contributed by atoms with Gasteiger partial charge in [-0.1, -0.05) is 13.0 Å². The number of fused-ring (bicyclic) bond motifs is 2. The smallest absolute Gasteiger partial charge is 0.231 e. The van der Waals surface area contributed by atoms with Crippen LogP contribution in [0.2, 0.25) is 0 Å². The van der Waals surface area contributed by atoms with Crippen LogP contribution in [0, 0.1) is 13.8 Å². The van der Waals surface area contributed by atoms with E-state index in [2.05, 4.69) is 5.32 Å². The second-order valence-corrected chi connectivity index (χ2v) is 6.45. The number of carbonyl (C=O) groups excluding carboxylic acids is 1. The number of nitrogens with zero attached hydrogens (tertiary/aromatic N) is 1. The molecular weight excluding hydrogens is 328 g/mol. The summed E-state index contributed by atoms with van der Waals surface area (Å²) in [6.45, 7) is 6.17. The first-order valence-corrected chi connectivity index (χ1v) is 8.67. The zero-order chi connectivity index (χ0) is 18.3. The number of hydrogen-bond donors (Lipinski definition) is 1. The molecule has 1 N–H and O–H groups in total. The molecule has 4 rings (SSSR count). The van der Waals surface area contributed by atoms with Gasteiger partial charge in [0, 0.05) is 17.4 Å². The van der Waals surface area contributed by atoms with E-state index in [-0.39, 0.29) is 12.7 Å². The van der Waals surface area contributed by atoms with Crippen LogP contribution in [0.1, 0.15) is 24.5 Å². The van der Waals surface area contributed by atoms with Crippen LogP contribution in [-0.2, 0) is 4.79 Å². The first-order valence-electron chi connectivity index (χ1n) is 8.67. The molecule has 0 fully saturated rings. The molecule has 0 spiro atoms. The van der Waals surface area contributed by atoms with Crippen molar-refractivity contribution in [3.63, 3.8) is 0 Å². The second kappa shape index (κ2) is 6.33. The highest BCUT2D eigenvalue weighted by Gasteiger charge is 2.16. The summed E-state index contributed by atoms with van der Waals surface area (Å²) in [6.07, 6.45) is 0.442. The molecular formula is C21H20N2O3. The average Bonchev–Trinajstić information content (AvgIpc) is 3.11. The lowest BCUT2D eigenvalue weighted by atomic mass is 10.0. The number of hydrogen-bond acceptors (Lipinski definition) is 4. The Bertz CT molecular complexity index is 1030. The van der Waals surface area contributed by atoms with Gasteiger partial charge in [0.25, 0.3) is 0 Å². The van der Waals surface area contributed by atoms with Crippen molar-refractivity contribution in [2.24, 2.45) is 0 Å². The maximum atomic E-state index is 11.9. The average molecular weight is 348 g/mol. The third-order valence-electron chi connectivity index (χ3n) is 4.62. The minimum absolute atomic E-state index is 0.00518. The van der Waals surface area contributed by atoms with Gasteiger partial charge >= 0.3 is 0 Å². The standard InChI is InChI=1S/C21H20N2O3/c1-4-19(24)22-15-7-5-12(2)21-20(15)13(3)9-16(23-21)14-6-8-17-18(10-14)26-11-25-17/h5-10H,4,11H2,1-3H3,(H,22,24). The maximum absolute atomic E-state index is 11.9. The Hall–Kier alpha value is -3.08. The van der Waals surface area contributed by atoms with Crippen LogP contribution in [0.25, 0.3) is 22.2 Å². The molecule has 2 aromatic carbocycles. The monoisotopic (exact) mass is 348 g/mol. The molecule has 5 heteroatoms. The summed E-state index contributed by atoms with van der Waals surface area (Å²) in [7, 11) is 0. The normalized spacial score (nSPS) is 12.4. The number of rotatable bonds is 3. The fraction of sp³-hybridized carbons (Fsp3) is 0.238. The lowest BCUT2D eigenvalue weighted by Crippen LogP contribution is -2.10. The zero-order valence-electron chi connectivity index (χ0n) is 15.1. The fourth-order valence-electron chi connectivity index (χ4n) is 3.22. The molecule has 5 nitrogen and oxygen atoms in total. The van der Waals surface area contributed by atoms with Gasteiger partial charge in [0.2, 0.25) is 12.7 Å². The molecule has 0 unspecified atom stereocenters. The summed E-state index contributed by atoms with van der Waals surface area (Å²) in [5.41, 5.74) is 5.68. The highest BCUT2D eigenvalue weighted by atomic mass is 16.7. The number of carbonyl (C=O) groups is 1. The highest BCUT2D eigenvalue weighted by molar-refractivity contribution is 6.04. The predicted octanol–water partition coefficient (Wildman–Crippen LogP) is 4.60. The Labute approximate surface area is 152 Å². The Morgan fingerprint density at radius 2 is 1.88 bits per heavy atom. The fourth-order valence-corrected chi connectivity index (χ4v) is 3.22. The summed E-state index contributed by atoms with van der Waals surface area (Å²) in [5.74, 6) is 1.49. The molecule has 3 aromatic rings. The summed E-state index contributed by atoms with van der Waals surface area (Å²) in [4.78, 5) is 16.7. The summed E-state index contributed by atoms with van der Waals surface area (Å²) in [5, 5.41) is 3.96. The number of pyridine rings is 1. The number of aromatic nitrogens is 1. The van der Waals surface area contributed by atoms with Crippen LogP contribution in [0.15, 0.2) is 36.4 Å². The van der Waals surface area contributed by atoms with E-state index < -0.39 is 0 Å². The number of amides is 1. The van der Waals surface area contributed by atoms with Crippen molar-refractivity contribution in [1.29, 1.82) is 0 Å². The number of aryl methyl sites for hydroxylation is 2. The van der Waals surface area contributed by atoms with Gasteiger partial charge in [-0.2, -0.15) is 0 Å². The number of anilines is 1. The third-order valence-corrected chi connectivity index (χ3v) is 4.62. The number of nitrogens with one attached hydrogen (secondary N) is 1. The van der Waals surface area contributed by atoms with Crippen molar-refractivity contribution in [3.05, 3.63) is 47.5 Å². The van der Waals surface area contributed by atoms with E-state index in [0.717, 1.165) is 50.5 Å². The molecule has 1 aliphatic rings. The van der Waals surface area contributed by atoms with E-state index in [4.69, 9.17) is 14.5 Å². The van der Waals surface area contributed by atoms with Crippen LogP contribution in [0.5, 0.6) is 11.5 Å². The molecule has 0 aliphatic carbocycles. The number of ether oxygens (including phenoxy) is 2. The lowest BCUT2D eigenvalue weighted by molar-refractivity contribution is -0.115. The topological polar surface area (TPSA) is 60.5 Å². The van der Waals surface area contributed by atoms with E-state index in [1.54, 1.807) is 0 Å². The first-order chi connectivity index (χ1) is 12.6. The quantitative estimate of drug-likeness (QED) is 0.752. The largest absolute Gasteiger partial charge is 0.454 e. The molecule has 26 heavy (non-hydrogen) atoms. The molecule has 1 aliphatic heterocycles. The van der Waals surface area contributed by atoms with Crippen LogP contribution >= 0.6 is 0 Å². The van der Waals surface area contributed by atoms with Crippen molar-refractivity contribution < 1.29 is 14.3 Å². The SMILES string of the molecule is CCC(=O)Nc1ccc(C)c2nc(-c3ccc4c(c3)OCO4)cc(C)c12. The van der Waals surface area contributed by atoms with Gasteiger partial charge in [0.1, 0.15) is 0 Å². The summed E-state index contributed by atoms with van der Waals surface area (Å²) in [6, 6.07) is 11.8. The number of benzene rings is 2. The van der Waals surface area contributed by atoms with Gasteiger partial charge in [-0.3, -0.25) is 4.79 Å². The van der Waals surface area contributed by atoms with Gasteiger partial charge in [-0.15, -0.1) is 0 Å². The van der Waals surface area contributed by atoms with Crippen molar-refractivity contribution in [2.45, 2.75) is 27.2 Å². The molecule has 0 atom stereocenters. The molecule has 1 amide bonds. The van der Waals surface area contributed by atoms with E-state index >= 15 is 0 Å². The van der Waals surface area contributed by atoms with Crippen LogP contribution < -0.4 is 14.8 Å². The van der Waals surface area contributed by atoms with Crippen LogP contribution in [0.4, 0.5) is 5.69 Å². The molecule has 0 radical (unpaired) electrons. The van der Waals surface area contributed by atoms with E-state index in [9.17, 15) is 4.79 Å². The zero-order valence-corrected chi connectivity index (χ0v) is 15.1. The molecule has 1 aromatic heterocycles. The van der Waals surface area contributed by atoms with Gasteiger partial charge < -0.3 is 14.8 Å². The molecule has 0 saturated carbocycles. The summed E-state index contributed by atoms with van der Waals surface area (Å²) < 4.78 is 10.9. The second-order valence-electron chi connectivity index (χ2n) is 6.45. The molecule has 2 heterocycles. The van der Waals surface area contributed by atoms with Crippen LogP contribution in [0.3, 0.4) is 0 Å².